The van der Waals surface area contributed by atoms with Gasteiger partial charge < -0.3 is 14.5 Å². The van der Waals surface area contributed by atoms with E-state index in [1.807, 2.05) is 13.0 Å². The normalized spacial score (nSPS) is 24.6. The molecule has 5 nitrogen and oxygen atoms in total. The number of ether oxygens (including phenoxy) is 2. The molecule has 4 rings (SSSR count). The van der Waals surface area contributed by atoms with Gasteiger partial charge in [-0.05, 0) is 25.2 Å². The fraction of sp³-hybridized carbons (Fsp3) is 0.409. The van der Waals surface area contributed by atoms with Crippen LogP contribution >= 0.6 is 0 Å². The topological polar surface area (TPSA) is 52.9 Å². The van der Waals surface area contributed by atoms with Gasteiger partial charge in [0.1, 0.15) is 0 Å². The van der Waals surface area contributed by atoms with Crippen LogP contribution in [0.25, 0.3) is 10.9 Å². The molecule has 0 bridgehead atoms. The van der Waals surface area contributed by atoms with E-state index in [0.29, 0.717) is 5.57 Å². The number of para-hydroxylation sites is 1. The Kier molecular flexibility index (Phi) is 4.79. The molecule has 2 unspecified atom stereocenters. The first-order valence-corrected chi connectivity index (χ1v) is 9.42. The van der Waals surface area contributed by atoms with Crippen molar-refractivity contribution in [1.29, 1.82) is 0 Å². The molecule has 0 radical (unpaired) electrons. The summed E-state index contributed by atoms with van der Waals surface area (Å²) in [6.07, 6.45) is 5.48. The highest BCUT2D eigenvalue weighted by molar-refractivity contribution is 5.89. The number of nitrogens with zero attached hydrogens (tertiary/aromatic N) is 2. The third-order valence-corrected chi connectivity index (χ3v) is 5.89. The Morgan fingerprint density at radius 2 is 2.11 bits per heavy atom. The van der Waals surface area contributed by atoms with Gasteiger partial charge in [-0.15, -0.1) is 11.2 Å². The molecule has 2 aliphatic rings. The van der Waals surface area contributed by atoms with E-state index in [2.05, 4.69) is 29.2 Å². The van der Waals surface area contributed by atoms with Crippen molar-refractivity contribution in [1.82, 2.24) is 9.88 Å². The number of carbonyl (C=O) groups is 1. The van der Waals surface area contributed by atoms with Gasteiger partial charge in [0, 0.05) is 25.0 Å². The molecule has 2 aromatic rings. The van der Waals surface area contributed by atoms with E-state index in [1.54, 1.807) is 7.11 Å². The van der Waals surface area contributed by atoms with Crippen molar-refractivity contribution in [2.24, 2.45) is 5.92 Å². The second kappa shape index (κ2) is 7.24. The summed E-state index contributed by atoms with van der Waals surface area (Å²) in [5.41, 5.74) is 5.42. The first kappa shape index (κ1) is 17.9. The van der Waals surface area contributed by atoms with Gasteiger partial charge in [0.15, 0.2) is 0 Å². The number of hydrogen-bond donors (Lipinski definition) is 0. The van der Waals surface area contributed by atoms with Crippen molar-refractivity contribution in [3.8, 4) is 0 Å². The van der Waals surface area contributed by atoms with Crippen LogP contribution in [0.5, 0.6) is 0 Å². The van der Waals surface area contributed by atoms with Crippen molar-refractivity contribution in [2.45, 2.75) is 25.8 Å². The predicted molar refractivity (Wildman–Crippen MR) is 104 cm³/mol. The number of aromatic nitrogens is 1. The van der Waals surface area contributed by atoms with Crippen LogP contribution in [0.3, 0.4) is 0 Å². The second-order valence-electron chi connectivity index (χ2n) is 7.18. The van der Waals surface area contributed by atoms with Gasteiger partial charge in [0.2, 0.25) is 0 Å². The van der Waals surface area contributed by atoms with Crippen molar-refractivity contribution in [2.75, 3.05) is 27.3 Å². The zero-order valence-corrected chi connectivity index (χ0v) is 16.1. The molecule has 2 atom stereocenters. The zero-order valence-electron chi connectivity index (χ0n) is 16.1. The molecule has 1 fully saturated rings. The molecular formula is C22H25N2O3-. The second-order valence-corrected chi connectivity index (χ2v) is 7.18. The molecule has 2 aliphatic heterocycles. The molecule has 3 heterocycles. The van der Waals surface area contributed by atoms with E-state index in [1.165, 1.54) is 35.6 Å². The summed E-state index contributed by atoms with van der Waals surface area (Å²) in [7, 11) is 2.98. The maximum atomic E-state index is 12.4. The largest absolute Gasteiger partial charge is 0.659 e. The van der Waals surface area contributed by atoms with Gasteiger partial charge in [-0.3, -0.25) is 4.90 Å². The molecule has 27 heavy (non-hydrogen) atoms. The number of allylic oxidation sites excluding steroid dienone is 1. The summed E-state index contributed by atoms with van der Waals surface area (Å²) >= 11 is 0. The van der Waals surface area contributed by atoms with E-state index < -0.39 is 0 Å². The minimum Gasteiger partial charge on any atom is -0.659 e. The number of rotatable bonds is 3. The van der Waals surface area contributed by atoms with Crippen LogP contribution in [0.4, 0.5) is 0 Å². The van der Waals surface area contributed by atoms with Gasteiger partial charge in [-0.1, -0.05) is 41.5 Å². The first-order valence-electron chi connectivity index (χ1n) is 9.42. The number of carbonyl (C=O) groups excluding carboxylic acids is 1. The Morgan fingerprint density at radius 3 is 2.85 bits per heavy atom. The SMILES string of the molecule is CC=C1CN2CCc3c([n-]c4ccccc34)C2CC1C(=COC)C(=O)OC. The smallest absolute Gasteiger partial charge is 0.337 e. The van der Waals surface area contributed by atoms with Gasteiger partial charge >= 0.3 is 5.97 Å². The van der Waals surface area contributed by atoms with Crippen LogP contribution in [0.2, 0.25) is 0 Å². The lowest BCUT2D eigenvalue weighted by molar-refractivity contribution is -0.137. The van der Waals surface area contributed by atoms with Crippen molar-refractivity contribution < 1.29 is 14.3 Å². The minimum atomic E-state index is -0.327. The molecule has 0 saturated carbocycles. The van der Waals surface area contributed by atoms with Crippen LogP contribution in [-0.4, -0.2) is 38.2 Å². The molecule has 0 aliphatic carbocycles. The molecule has 0 spiro atoms. The third kappa shape index (κ3) is 2.96. The summed E-state index contributed by atoms with van der Waals surface area (Å²) in [6, 6.07) is 8.57. The van der Waals surface area contributed by atoms with E-state index in [4.69, 9.17) is 14.5 Å². The van der Waals surface area contributed by atoms with E-state index in [-0.39, 0.29) is 17.9 Å². The number of benzene rings is 1. The monoisotopic (exact) mass is 365 g/mol. The lowest BCUT2D eigenvalue weighted by Gasteiger charge is -2.46. The molecule has 5 heteroatoms. The molecular weight excluding hydrogens is 340 g/mol. The lowest BCUT2D eigenvalue weighted by Crippen LogP contribution is -2.43. The zero-order chi connectivity index (χ0) is 19.0. The number of hydrogen-bond acceptors (Lipinski definition) is 4. The minimum absolute atomic E-state index is 0.0191. The Labute approximate surface area is 159 Å². The Hall–Kier alpha value is -2.53. The van der Waals surface area contributed by atoms with E-state index in [0.717, 1.165) is 31.4 Å². The fourth-order valence-corrected chi connectivity index (χ4v) is 4.59. The summed E-state index contributed by atoms with van der Waals surface area (Å²) in [5, 5.41) is 1.26. The van der Waals surface area contributed by atoms with Gasteiger partial charge in [-0.2, -0.15) is 0 Å². The highest BCUT2D eigenvalue weighted by atomic mass is 16.5. The van der Waals surface area contributed by atoms with Crippen LogP contribution in [0.1, 0.15) is 30.6 Å². The van der Waals surface area contributed by atoms with Crippen molar-refractivity contribution in [3.05, 3.63) is 59.0 Å². The third-order valence-electron chi connectivity index (χ3n) is 5.89. The number of esters is 1. The van der Waals surface area contributed by atoms with E-state index >= 15 is 0 Å². The standard InChI is InChI=1S/C22H25N2O3/c1-4-14-12-24-10-9-16-15-7-5-6-8-19(15)23-21(16)20(24)11-17(14)18(13-26-2)22(25)27-3/h4-8,13,17,20H,9-12H2,1-3H3/q-1. The molecule has 142 valence electrons. The van der Waals surface area contributed by atoms with Crippen molar-refractivity contribution >= 4 is 16.9 Å². The van der Waals surface area contributed by atoms with E-state index in [9.17, 15) is 4.79 Å². The predicted octanol–water partition coefficient (Wildman–Crippen LogP) is 3.37. The highest BCUT2D eigenvalue weighted by Gasteiger charge is 2.38. The molecule has 1 saturated heterocycles. The molecule has 0 amide bonds. The number of methoxy groups -OCH3 is 2. The van der Waals surface area contributed by atoms with Gasteiger partial charge in [0.05, 0.1) is 26.1 Å². The molecule has 1 aromatic carbocycles. The maximum Gasteiger partial charge on any atom is 0.337 e. The maximum absolute atomic E-state index is 12.4. The van der Waals surface area contributed by atoms with Crippen LogP contribution < -0.4 is 4.98 Å². The van der Waals surface area contributed by atoms with Crippen LogP contribution in [-0.2, 0) is 20.7 Å². The Bertz CT molecular complexity index is 925. The average molecular weight is 365 g/mol. The van der Waals surface area contributed by atoms with Gasteiger partial charge in [0.25, 0.3) is 0 Å². The Balaban J connectivity index is 1.75. The van der Waals surface area contributed by atoms with Crippen molar-refractivity contribution in [3.63, 3.8) is 0 Å². The molecule has 0 N–H and O–H groups in total. The lowest BCUT2D eigenvalue weighted by atomic mass is 9.78. The summed E-state index contributed by atoms with van der Waals surface area (Å²) in [6.45, 7) is 3.89. The first-order chi connectivity index (χ1) is 13.2. The average Bonchev–Trinajstić information content (AvgIpc) is 3.09. The fourth-order valence-electron chi connectivity index (χ4n) is 4.59. The van der Waals surface area contributed by atoms with Crippen LogP contribution in [0.15, 0.2) is 47.7 Å². The molecule has 1 aromatic heterocycles. The van der Waals surface area contributed by atoms with Crippen LogP contribution in [0, 0.1) is 5.92 Å². The summed E-state index contributed by atoms with van der Waals surface area (Å²) in [4.78, 5) is 19.8. The van der Waals surface area contributed by atoms with Gasteiger partial charge in [-0.25, -0.2) is 4.79 Å². The summed E-state index contributed by atoms with van der Waals surface area (Å²) < 4.78 is 10.2. The number of fused-ring (bicyclic) bond motifs is 5. The quantitative estimate of drug-likeness (QED) is 0.361. The highest BCUT2D eigenvalue weighted by Crippen LogP contribution is 2.44. The Morgan fingerprint density at radius 1 is 1.30 bits per heavy atom. The summed E-state index contributed by atoms with van der Waals surface area (Å²) in [5.74, 6) is -0.347. The number of piperidine rings is 1.